The van der Waals surface area contributed by atoms with Gasteiger partial charge in [0, 0.05) is 4.47 Å². The molecule has 1 N–H and O–H groups in total. The van der Waals surface area contributed by atoms with Crippen LogP contribution in [-0.2, 0) is 0 Å². The molecule has 2 nitrogen and oxygen atoms in total. The summed E-state index contributed by atoms with van der Waals surface area (Å²) in [4.78, 5) is 0. The highest BCUT2D eigenvalue weighted by Crippen LogP contribution is 2.26. The van der Waals surface area contributed by atoms with E-state index in [1.807, 2.05) is 37.4 Å². The molecule has 0 amide bonds. The maximum Gasteiger partial charge on any atom is 0.124 e. The molecule has 0 radical (unpaired) electrons. The minimum absolute atomic E-state index is 0.0575. The van der Waals surface area contributed by atoms with Gasteiger partial charge in [-0.1, -0.05) is 28.1 Å². The quantitative estimate of drug-likeness (QED) is 0.921. The van der Waals surface area contributed by atoms with E-state index >= 15 is 0 Å². The summed E-state index contributed by atoms with van der Waals surface area (Å²) in [6.07, 6.45) is 0. The van der Waals surface area contributed by atoms with Crippen molar-refractivity contribution >= 4 is 15.9 Å². The van der Waals surface area contributed by atoms with Gasteiger partial charge in [-0.05, 0) is 48.5 Å². The first-order chi connectivity index (χ1) is 9.13. The molecule has 1 atom stereocenters. The maximum atomic E-state index is 13.5. The second kappa shape index (κ2) is 6.17. The number of methoxy groups -OCH3 is 1. The molecule has 1 unspecified atom stereocenters. The molecule has 0 aliphatic heterocycles. The molecule has 0 saturated carbocycles. The van der Waals surface area contributed by atoms with Crippen molar-refractivity contribution in [1.82, 2.24) is 5.32 Å². The van der Waals surface area contributed by atoms with Crippen LogP contribution in [0.5, 0.6) is 5.75 Å². The van der Waals surface area contributed by atoms with Crippen molar-refractivity contribution in [2.24, 2.45) is 0 Å². The molecule has 0 saturated heterocycles. The van der Waals surface area contributed by atoms with E-state index in [1.54, 1.807) is 7.11 Å². The molecular weight excluding hydrogens is 309 g/mol. The van der Waals surface area contributed by atoms with Gasteiger partial charge in [-0.25, -0.2) is 4.39 Å². The third kappa shape index (κ3) is 3.33. The van der Waals surface area contributed by atoms with Gasteiger partial charge in [0.1, 0.15) is 11.6 Å². The van der Waals surface area contributed by atoms with Gasteiger partial charge in [0.2, 0.25) is 0 Å². The zero-order chi connectivity index (χ0) is 13.8. The smallest absolute Gasteiger partial charge is 0.124 e. The summed E-state index contributed by atoms with van der Waals surface area (Å²) in [5, 5.41) is 3.20. The molecular formula is C15H15BrFNO. The van der Waals surface area contributed by atoms with Crippen LogP contribution >= 0.6 is 15.9 Å². The van der Waals surface area contributed by atoms with Gasteiger partial charge in [0.05, 0.1) is 13.2 Å². The Morgan fingerprint density at radius 2 is 1.79 bits per heavy atom. The third-order valence-electron chi connectivity index (χ3n) is 2.96. The zero-order valence-electron chi connectivity index (χ0n) is 10.8. The van der Waals surface area contributed by atoms with Crippen molar-refractivity contribution in [3.05, 3.63) is 63.9 Å². The first-order valence-corrected chi connectivity index (χ1v) is 6.70. The molecule has 0 aromatic heterocycles. The number of nitrogens with one attached hydrogen (secondary N) is 1. The monoisotopic (exact) mass is 323 g/mol. The maximum absolute atomic E-state index is 13.5. The van der Waals surface area contributed by atoms with Crippen LogP contribution in [0.25, 0.3) is 0 Å². The SMILES string of the molecule is CNC(c1ccc(OC)cc1)c1cc(F)cc(Br)c1. The van der Waals surface area contributed by atoms with E-state index < -0.39 is 0 Å². The van der Waals surface area contributed by atoms with Crippen molar-refractivity contribution < 1.29 is 9.13 Å². The van der Waals surface area contributed by atoms with Crippen LogP contribution in [0.4, 0.5) is 4.39 Å². The third-order valence-corrected chi connectivity index (χ3v) is 3.41. The van der Waals surface area contributed by atoms with Gasteiger partial charge in [-0.2, -0.15) is 0 Å². The summed E-state index contributed by atoms with van der Waals surface area (Å²) in [6.45, 7) is 0. The Labute approximate surface area is 120 Å². The van der Waals surface area contributed by atoms with Gasteiger partial charge >= 0.3 is 0 Å². The lowest BCUT2D eigenvalue weighted by Gasteiger charge is -2.18. The molecule has 0 aliphatic carbocycles. The molecule has 2 aromatic rings. The highest BCUT2D eigenvalue weighted by Gasteiger charge is 2.13. The van der Waals surface area contributed by atoms with E-state index in [2.05, 4.69) is 21.2 Å². The largest absolute Gasteiger partial charge is 0.497 e. The summed E-state index contributed by atoms with van der Waals surface area (Å²) in [5.74, 6) is 0.553. The van der Waals surface area contributed by atoms with Gasteiger partial charge in [0.15, 0.2) is 0 Å². The number of benzene rings is 2. The average Bonchev–Trinajstić information content (AvgIpc) is 2.39. The fourth-order valence-electron chi connectivity index (χ4n) is 2.06. The molecule has 0 spiro atoms. The molecule has 2 aromatic carbocycles. The van der Waals surface area contributed by atoms with Crippen molar-refractivity contribution in [2.75, 3.05) is 14.2 Å². The van der Waals surface area contributed by atoms with Crippen molar-refractivity contribution in [3.63, 3.8) is 0 Å². The summed E-state index contributed by atoms with van der Waals surface area (Å²) < 4.78 is 19.4. The second-order valence-corrected chi connectivity index (χ2v) is 5.11. The molecule has 0 fully saturated rings. The number of hydrogen-bond acceptors (Lipinski definition) is 2. The Morgan fingerprint density at radius 3 is 2.32 bits per heavy atom. The van der Waals surface area contributed by atoms with Crippen LogP contribution in [0.1, 0.15) is 17.2 Å². The van der Waals surface area contributed by atoms with E-state index in [-0.39, 0.29) is 11.9 Å². The Morgan fingerprint density at radius 1 is 1.11 bits per heavy atom. The number of hydrogen-bond donors (Lipinski definition) is 1. The first-order valence-electron chi connectivity index (χ1n) is 5.91. The van der Waals surface area contributed by atoms with Crippen molar-refractivity contribution in [3.8, 4) is 5.75 Å². The summed E-state index contributed by atoms with van der Waals surface area (Å²) >= 11 is 3.32. The predicted molar refractivity (Wildman–Crippen MR) is 78.0 cm³/mol. The summed E-state index contributed by atoms with van der Waals surface area (Å²) in [5.41, 5.74) is 1.93. The van der Waals surface area contributed by atoms with Gasteiger partial charge in [0.25, 0.3) is 0 Å². The molecule has 0 heterocycles. The Kier molecular flexibility index (Phi) is 4.56. The first kappa shape index (κ1) is 14.0. The highest BCUT2D eigenvalue weighted by molar-refractivity contribution is 9.10. The van der Waals surface area contributed by atoms with Gasteiger partial charge < -0.3 is 10.1 Å². The van der Waals surface area contributed by atoms with Gasteiger partial charge in [-0.15, -0.1) is 0 Å². The molecule has 4 heteroatoms. The lowest BCUT2D eigenvalue weighted by Crippen LogP contribution is -2.17. The Balaban J connectivity index is 2.37. The Hall–Kier alpha value is -1.39. The summed E-state index contributed by atoms with van der Waals surface area (Å²) in [6, 6.07) is 12.6. The predicted octanol–water partition coefficient (Wildman–Crippen LogP) is 3.91. The Bertz CT molecular complexity index is 536. The number of halogens is 2. The fourth-order valence-corrected chi connectivity index (χ4v) is 2.55. The van der Waals surface area contributed by atoms with Crippen LogP contribution < -0.4 is 10.1 Å². The van der Waals surface area contributed by atoms with Crippen LogP contribution in [0.15, 0.2) is 46.9 Å². The zero-order valence-corrected chi connectivity index (χ0v) is 12.4. The lowest BCUT2D eigenvalue weighted by atomic mass is 9.99. The fraction of sp³-hybridized carbons (Fsp3) is 0.200. The van der Waals surface area contributed by atoms with Crippen LogP contribution in [0.2, 0.25) is 0 Å². The van der Waals surface area contributed by atoms with Crippen LogP contribution in [-0.4, -0.2) is 14.2 Å². The second-order valence-electron chi connectivity index (χ2n) is 4.20. The highest BCUT2D eigenvalue weighted by atomic mass is 79.9. The van der Waals surface area contributed by atoms with Crippen LogP contribution in [0.3, 0.4) is 0 Å². The minimum atomic E-state index is -0.252. The topological polar surface area (TPSA) is 21.3 Å². The molecule has 100 valence electrons. The molecule has 2 rings (SSSR count). The van der Waals surface area contributed by atoms with Crippen molar-refractivity contribution in [1.29, 1.82) is 0 Å². The molecule has 19 heavy (non-hydrogen) atoms. The standard InChI is InChI=1S/C15H15BrFNO/c1-18-15(10-3-5-14(19-2)6-4-10)11-7-12(16)9-13(17)8-11/h3-9,15,18H,1-2H3. The van der Waals surface area contributed by atoms with E-state index in [0.29, 0.717) is 0 Å². The lowest BCUT2D eigenvalue weighted by molar-refractivity contribution is 0.414. The molecule has 0 bridgehead atoms. The van der Waals surface area contributed by atoms with E-state index in [0.717, 1.165) is 21.3 Å². The van der Waals surface area contributed by atoms with E-state index in [9.17, 15) is 4.39 Å². The summed E-state index contributed by atoms with van der Waals surface area (Å²) in [7, 11) is 3.49. The van der Waals surface area contributed by atoms with E-state index in [1.165, 1.54) is 12.1 Å². The average molecular weight is 324 g/mol. The van der Waals surface area contributed by atoms with Crippen molar-refractivity contribution in [2.45, 2.75) is 6.04 Å². The van der Waals surface area contributed by atoms with Gasteiger partial charge in [-0.3, -0.25) is 0 Å². The van der Waals surface area contributed by atoms with Crippen LogP contribution in [0, 0.1) is 5.82 Å². The minimum Gasteiger partial charge on any atom is -0.497 e. The van der Waals surface area contributed by atoms with E-state index in [4.69, 9.17) is 4.74 Å². The molecule has 0 aliphatic rings. The number of ether oxygens (including phenoxy) is 1. The number of rotatable bonds is 4. The normalized spacial score (nSPS) is 12.2.